The maximum Gasteiger partial charge on any atom is 0.146 e. The molecule has 2 saturated heterocycles. The van der Waals surface area contributed by atoms with Crippen molar-refractivity contribution in [3.63, 3.8) is 0 Å². The molecular weight excluding hydrogens is 263 g/mol. The molecule has 1 aromatic rings. The highest BCUT2D eigenvalue weighted by Crippen LogP contribution is 2.27. The monoisotopic (exact) mass is 290 g/mol. The van der Waals surface area contributed by atoms with E-state index in [9.17, 15) is 4.39 Å². The largest absolute Gasteiger partial charge is 0.369 e. The summed E-state index contributed by atoms with van der Waals surface area (Å²) in [7, 11) is 0. The number of aryl methyl sites for hydroxylation is 1. The van der Waals surface area contributed by atoms with Gasteiger partial charge >= 0.3 is 0 Å². The van der Waals surface area contributed by atoms with E-state index >= 15 is 0 Å². The van der Waals surface area contributed by atoms with Gasteiger partial charge < -0.3 is 9.80 Å². The summed E-state index contributed by atoms with van der Waals surface area (Å²) in [4.78, 5) is 4.89. The van der Waals surface area contributed by atoms with E-state index in [1.165, 1.54) is 38.8 Å². The molecule has 0 amide bonds. The van der Waals surface area contributed by atoms with Gasteiger partial charge in [0.15, 0.2) is 0 Å². The van der Waals surface area contributed by atoms with Crippen LogP contribution in [0.3, 0.4) is 0 Å². The molecule has 0 atom stereocenters. The number of hydrogen-bond acceptors (Lipinski definition) is 2. The fourth-order valence-electron chi connectivity index (χ4n) is 3.73. The van der Waals surface area contributed by atoms with Gasteiger partial charge in [-0.3, -0.25) is 0 Å². The lowest BCUT2D eigenvalue weighted by Crippen LogP contribution is -2.47. The number of halogens is 1. The van der Waals surface area contributed by atoms with Crippen molar-refractivity contribution in [2.45, 2.75) is 45.6 Å². The molecule has 2 aliphatic rings. The Labute approximate surface area is 127 Å². The smallest absolute Gasteiger partial charge is 0.146 e. The maximum absolute atomic E-state index is 14.1. The summed E-state index contributed by atoms with van der Waals surface area (Å²) in [5.41, 5.74) is 1.78. The third-order valence-electron chi connectivity index (χ3n) is 5.24. The van der Waals surface area contributed by atoms with Crippen LogP contribution in [-0.2, 0) is 0 Å². The first kappa shape index (κ1) is 14.8. The Morgan fingerprint density at radius 1 is 1.00 bits per heavy atom. The van der Waals surface area contributed by atoms with Crippen molar-refractivity contribution in [3.8, 4) is 0 Å². The van der Waals surface area contributed by atoms with Crippen LogP contribution in [0.4, 0.5) is 10.1 Å². The Kier molecular flexibility index (Phi) is 4.48. The Hall–Kier alpha value is -1.09. The molecule has 2 nitrogen and oxygen atoms in total. The summed E-state index contributed by atoms with van der Waals surface area (Å²) in [6.07, 6.45) is 5.02. The van der Waals surface area contributed by atoms with Crippen molar-refractivity contribution in [2.24, 2.45) is 5.92 Å². The van der Waals surface area contributed by atoms with Crippen LogP contribution in [0.5, 0.6) is 0 Å². The lowest BCUT2D eigenvalue weighted by Gasteiger charge is -2.42. The Bertz CT molecular complexity index is 472. The van der Waals surface area contributed by atoms with Gasteiger partial charge in [0.05, 0.1) is 5.69 Å². The molecule has 0 radical (unpaired) electrons. The van der Waals surface area contributed by atoms with Crippen molar-refractivity contribution in [3.05, 3.63) is 29.6 Å². The predicted octanol–water partition coefficient (Wildman–Crippen LogP) is 3.83. The van der Waals surface area contributed by atoms with Crippen molar-refractivity contribution in [1.29, 1.82) is 0 Å². The van der Waals surface area contributed by atoms with Crippen LogP contribution >= 0.6 is 0 Å². The fraction of sp³-hybridized carbons (Fsp3) is 0.667. The van der Waals surface area contributed by atoms with Crippen LogP contribution in [0.1, 0.15) is 38.2 Å². The van der Waals surface area contributed by atoms with E-state index in [-0.39, 0.29) is 5.82 Å². The SMILES string of the molecule is Cc1ccc(N2CCC(N3CCC(C)CC3)CC2)c(F)c1. The Balaban J connectivity index is 1.57. The number of nitrogens with zero attached hydrogens (tertiary/aromatic N) is 2. The molecule has 2 aliphatic heterocycles. The minimum absolute atomic E-state index is 0.0692. The second-order valence-corrected chi connectivity index (χ2v) is 6.89. The number of rotatable bonds is 2. The molecule has 3 rings (SSSR count). The van der Waals surface area contributed by atoms with Gasteiger partial charge in [-0.25, -0.2) is 4.39 Å². The average molecular weight is 290 g/mol. The van der Waals surface area contributed by atoms with Gasteiger partial charge in [-0.15, -0.1) is 0 Å². The molecular formula is C18H27FN2. The zero-order chi connectivity index (χ0) is 14.8. The van der Waals surface area contributed by atoms with Gasteiger partial charge in [0.2, 0.25) is 0 Å². The van der Waals surface area contributed by atoms with Gasteiger partial charge in [0, 0.05) is 19.1 Å². The van der Waals surface area contributed by atoms with Gasteiger partial charge in [-0.2, -0.15) is 0 Å². The first-order chi connectivity index (χ1) is 10.1. The zero-order valence-corrected chi connectivity index (χ0v) is 13.3. The van der Waals surface area contributed by atoms with Crippen LogP contribution in [0, 0.1) is 18.7 Å². The van der Waals surface area contributed by atoms with Crippen LogP contribution in [0.25, 0.3) is 0 Å². The first-order valence-electron chi connectivity index (χ1n) is 8.38. The summed E-state index contributed by atoms with van der Waals surface area (Å²) in [6.45, 7) is 8.78. The molecule has 0 aliphatic carbocycles. The van der Waals surface area contributed by atoms with E-state index in [2.05, 4.69) is 16.7 Å². The van der Waals surface area contributed by atoms with Crippen LogP contribution in [0.15, 0.2) is 18.2 Å². The van der Waals surface area contributed by atoms with E-state index in [0.29, 0.717) is 6.04 Å². The van der Waals surface area contributed by atoms with E-state index in [1.807, 2.05) is 19.1 Å². The average Bonchev–Trinajstić information content (AvgIpc) is 2.48. The molecule has 2 fully saturated rings. The fourth-order valence-corrected chi connectivity index (χ4v) is 3.73. The Morgan fingerprint density at radius 3 is 2.29 bits per heavy atom. The molecule has 116 valence electrons. The number of hydrogen-bond donors (Lipinski definition) is 0. The molecule has 0 spiro atoms. The molecule has 1 aromatic carbocycles. The second kappa shape index (κ2) is 6.35. The van der Waals surface area contributed by atoms with Gasteiger partial charge in [-0.1, -0.05) is 13.0 Å². The molecule has 2 heterocycles. The predicted molar refractivity (Wildman–Crippen MR) is 86.3 cm³/mol. The third-order valence-corrected chi connectivity index (χ3v) is 5.24. The molecule has 0 aromatic heterocycles. The molecule has 21 heavy (non-hydrogen) atoms. The standard InChI is InChI=1S/C18H27FN2/c1-14-5-9-20(10-6-14)16-7-11-21(12-8-16)18-4-3-15(2)13-17(18)19/h3-4,13-14,16H,5-12H2,1-2H3. The van der Waals surface area contributed by atoms with Crippen molar-refractivity contribution in [2.75, 3.05) is 31.1 Å². The summed E-state index contributed by atoms with van der Waals surface area (Å²) < 4.78 is 14.1. The highest BCUT2D eigenvalue weighted by Gasteiger charge is 2.27. The maximum atomic E-state index is 14.1. The van der Waals surface area contributed by atoms with Crippen LogP contribution < -0.4 is 4.90 Å². The molecule has 0 unspecified atom stereocenters. The molecule has 3 heteroatoms. The number of benzene rings is 1. The van der Waals surface area contributed by atoms with Crippen molar-refractivity contribution in [1.82, 2.24) is 4.90 Å². The molecule has 0 N–H and O–H groups in total. The van der Waals surface area contributed by atoms with E-state index in [4.69, 9.17) is 0 Å². The van der Waals surface area contributed by atoms with E-state index in [0.717, 1.165) is 30.3 Å². The summed E-state index contributed by atoms with van der Waals surface area (Å²) in [6, 6.07) is 6.31. The van der Waals surface area contributed by atoms with Crippen molar-refractivity contribution >= 4 is 5.69 Å². The molecule has 0 saturated carbocycles. The number of piperidine rings is 2. The van der Waals surface area contributed by atoms with Crippen molar-refractivity contribution < 1.29 is 4.39 Å². The zero-order valence-electron chi connectivity index (χ0n) is 13.3. The second-order valence-electron chi connectivity index (χ2n) is 6.89. The summed E-state index contributed by atoms with van der Waals surface area (Å²) in [5.74, 6) is 0.822. The van der Waals surface area contributed by atoms with Crippen LogP contribution in [0.2, 0.25) is 0 Å². The minimum Gasteiger partial charge on any atom is -0.369 e. The summed E-state index contributed by atoms with van der Waals surface area (Å²) in [5, 5.41) is 0. The first-order valence-corrected chi connectivity index (χ1v) is 8.38. The normalized spacial score (nSPS) is 22.7. The summed E-state index contributed by atoms with van der Waals surface area (Å²) >= 11 is 0. The Morgan fingerprint density at radius 2 is 1.67 bits per heavy atom. The van der Waals surface area contributed by atoms with E-state index in [1.54, 1.807) is 6.07 Å². The van der Waals surface area contributed by atoms with Gasteiger partial charge in [0.25, 0.3) is 0 Å². The highest BCUT2D eigenvalue weighted by atomic mass is 19.1. The van der Waals surface area contributed by atoms with Gasteiger partial charge in [0.1, 0.15) is 5.82 Å². The lowest BCUT2D eigenvalue weighted by molar-refractivity contribution is 0.120. The third kappa shape index (κ3) is 3.39. The van der Waals surface area contributed by atoms with Crippen LogP contribution in [-0.4, -0.2) is 37.1 Å². The minimum atomic E-state index is -0.0692. The molecule has 0 bridgehead atoms. The number of likely N-dealkylation sites (tertiary alicyclic amines) is 1. The quantitative estimate of drug-likeness (QED) is 0.816. The highest BCUT2D eigenvalue weighted by molar-refractivity contribution is 5.49. The topological polar surface area (TPSA) is 6.48 Å². The lowest BCUT2D eigenvalue weighted by atomic mass is 9.94. The van der Waals surface area contributed by atoms with Gasteiger partial charge in [-0.05, 0) is 69.3 Å². The van der Waals surface area contributed by atoms with E-state index < -0.39 is 0 Å². The number of anilines is 1.